The van der Waals surface area contributed by atoms with Gasteiger partial charge in [0.2, 0.25) is 0 Å². The highest BCUT2D eigenvalue weighted by Gasteiger charge is 2.33. The molecule has 1 saturated carbocycles. The van der Waals surface area contributed by atoms with E-state index in [1.165, 1.54) is 38.5 Å². The first kappa shape index (κ1) is 15.1. The highest BCUT2D eigenvalue weighted by Crippen LogP contribution is 2.35. The molecule has 0 spiro atoms. The van der Waals surface area contributed by atoms with Gasteiger partial charge in [-0.2, -0.15) is 0 Å². The molecule has 1 aliphatic carbocycles. The molecule has 2 atom stereocenters. The van der Waals surface area contributed by atoms with Gasteiger partial charge in [-0.25, -0.2) is 4.68 Å². The van der Waals surface area contributed by atoms with Crippen molar-refractivity contribution in [3.8, 4) is 11.6 Å². The minimum absolute atomic E-state index is 0.716. The molecule has 3 heterocycles. The molecule has 2 aromatic rings. The Labute approximate surface area is 141 Å². The van der Waals surface area contributed by atoms with E-state index < -0.39 is 0 Å². The number of aromatic nitrogens is 3. The average Bonchev–Trinajstić information content (AvgIpc) is 3.19. The maximum atomic E-state index is 5.60. The SMILES string of the molecule is Cn1c(-c2ccco2)nn(CN2CCCC3CCCCC32)c1=S. The lowest BCUT2D eigenvalue weighted by molar-refractivity contribution is 0.0323. The number of hydrogen-bond acceptors (Lipinski definition) is 4. The molecule has 2 fully saturated rings. The quantitative estimate of drug-likeness (QED) is 0.801. The molecule has 0 radical (unpaired) electrons. The van der Waals surface area contributed by atoms with E-state index in [0.717, 1.165) is 35.5 Å². The lowest BCUT2D eigenvalue weighted by Gasteiger charge is -2.43. The molecule has 6 heteroatoms. The molecule has 1 saturated heterocycles. The van der Waals surface area contributed by atoms with Crippen molar-refractivity contribution in [2.24, 2.45) is 13.0 Å². The monoisotopic (exact) mass is 332 g/mol. The molecule has 4 rings (SSSR count). The average molecular weight is 332 g/mol. The van der Waals surface area contributed by atoms with E-state index >= 15 is 0 Å². The molecule has 124 valence electrons. The number of furan rings is 1. The van der Waals surface area contributed by atoms with Crippen LogP contribution in [0, 0.1) is 10.7 Å². The predicted octanol–water partition coefficient (Wildman–Crippen LogP) is 3.82. The fourth-order valence-corrected chi connectivity index (χ4v) is 4.46. The standard InChI is InChI=1S/C17H24N4OS/c1-19-16(15-9-5-11-22-15)18-21(17(19)23)12-20-10-4-7-13-6-2-3-8-14(13)20/h5,9,11,13-14H,2-4,6-8,10,12H2,1H3. The summed E-state index contributed by atoms with van der Waals surface area (Å²) in [4.78, 5) is 2.60. The van der Waals surface area contributed by atoms with Crippen LogP contribution in [-0.4, -0.2) is 31.8 Å². The molecule has 2 unspecified atom stereocenters. The summed E-state index contributed by atoms with van der Waals surface area (Å²) in [6.07, 6.45) is 9.86. The summed E-state index contributed by atoms with van der Waals surface area (Å²) in [5.41, 5.74) is 0. The minimum atomic E-state index is 0.716. The van der Waals surface area contributed by atoms with Crippen LogP contribution in [0.1, 0.15) is 38.5 Å². The second-order valence-corrected chi connectivity index (χ2v) is 7.22. The third-order valence-electron chi connectivity index (χ3n) is 5.46. The fourth-order valence-electron chi connectivity index (χ4n) is 4.28. The smallest absolute Gasteiger partial charge is 0.199 e. The van der Waals surface area contributed by atoms with E-state index in [1.54, 1.807) is 6.26 Å². The maximum Gasteiger partial charge on any atom is 0.199 e. The summed E-state index contributed by atoms with van der Waals surface area (Å²) in [5, 5.41) is 4.72. The van der Waals surface area contributed by atoms with E-state index in [1.807, 2.05) is 28.4 Å². The number of fused-ring (bicyclic) bond motifs is 1. The molecule has 5 nitrogen and oxygen atoms in total. The zero-order chi connectivity index (χ0) is 15.8. The van der Waals surface area contributed by atoms with Gasteiger partial charge in [0.15, 0.2) is 16.4 Å². The Kier molecular flexibility index (Phi) is 4.11. The topological polar surface area (TPSA) is 39.1 Å². The highest BCUT2D eigenvalue weighted by molar-refractivity contribution is 7.71. The van der Waals surface area contributed by atoms with Crippen molar-refractivity contribution in [1.82, 2.24) is 19.2 Å². The van der Waals surface area contributed by atoms with Crippen molar-refractivity contribution >= 4 is 12.2 Å². The molecule has 0 bridgehead atoms. The van der Waals surface area contributed by atoms with Gasteiger partial charge >= 0.3 is 0 Å². The first-order valence-electron chi connectivity index (χ1n) is 8.66. The van der Waals surface area contributed by atoms with Crippen LogP contribution in [0.5, 0.6) is 0 Å². The predicted molar refractivity (Wildman–Crippen MR) is 91.4 cm³/mol. The Morgan fingerprint density at radius 2 is 2.09 bits per heavy atom. The van der Waals surface area contributed by atoms with Crippen molar-refractivity contribution in [1.29, 1.82) is 0 Å². The van der Waals surface area contributed by atoms with Crippen LogP contribution < -0.4 is 0 Å². The maximum absolute atomic E-state index is 5.60. The van der Waals surface area contributed by atoms with Gasteiger partial charge in [0.25, 0.3) is 0 Å². The van der Waals surface area contributed by atoms with Crippen molar-refractivity contribution in [2.75, 3.05) is 6.54 Å². The van der Waals surface area contributed by atoms with Gasteiger partial charge < -0.3 is 8.98 Å². The lowest BCUT2D eigenvalue weighted by atomic mass is 9.78. The van der Waals surface area contributed by atoms with Gasteiger partial charge in [-0.1, -0.05) is 12.8 Å². The van der Waals surface area contributed by atoms with Crippen LogP contribution in [0.15, 0.2) is 22.8 Å². The summed E-state index contributed by atoms with van der Waals surface area (Å²) >= 11 is 5.60. The van der Waals surface area contributed by atoms with Crippen molar-refractivity contribution in [3.63, 3.8) is 0 Å². The van der Waals surface area contributed by atoms with Gasteiger partial charge in [-0.15, -0.1) is 5.10 Å². The normalized spacial score (nSPS) is 25.4. The molecule has 1 aliphatic heterocycles. The second-order valence-electron chi connectivity index (χ2n) is 6.85. The molecule has 2 aromatic heterocycles. The third-order valence-corrected chi connectivity index (χ3v) is 5.94. The van der Waals surface area contributed by atoms with Gasteiger partial charge in [0.1, 0.15) is 0 Å². The summed E-state index contributed by atoms with van der Waals surface area (Å²) in [5.74, 6) is 2.45. The molecule has 0 N–H and O–H groups in total. The number of nitrogens with zero attached hydrogens (tertiary/aromatic N) is 4. The number of likely N-dealkylation sites (tertiary alicyclic amines) is 1. The van der Waals surface area contributed by atoms with Gasteiger partial charge in [-0.05, 0) is 56.0 Å². The molecule has 0 amide bonds. The summed E-state index contributed by atoms with van der Waals surface area (Å²) < 4.78 is 10.2. The van der Waals surface area contributed by atoms with Gasteiger partial charge in [0, 0.05) is 19.6 Å². The Morgan fingerprint density at radius 3 is 2.91 bits per heavy atom. The van der Waals surface area contributed by atoms with E-state index in [-0.39, 0.29) is 0 Å². The summed E-state index contributed by atoms with van der Waals surface area (Å²) in [7, 11) is 1.96. The number of hydrogen-bond donors (Lipinski definition) is 0. The first-order chi connectivity index (χ1) is 11.2. The second kappa shape index (κ2) is 6.24. The van der Waals surface area contributed by atoms with Gasteiger partial charge in [-0.3, -0.25) is 4.90 Å². The van der Waals surface area contributed by atoms with Crippen molar-refractivity contribution in [2.45, 2.75) is 51.2 Å². The fraction of sp³-hybridized carbons (Fsp3) is 0.647. The zero-order valence-corrected chi connectivity index (χ0v) is 14.5. The Balaban J connectivity index is 1.59. The van der Waals surface area contributed by atoms with Gasteiger partial charge in [0.05, 0.1) is 12.9 Å². The van der Waals surface area contributed by atoms with Crippen molar-refractivity contribution in [3.05, 3.63) is 23.2 Å². The van der Waals surface area contributed by atoms with E-state index in [0.29, 0.717) is 6.04 Å². The number of rotatable bonds is 3. The zero-order valence-electron chi connectivity index (χ0n) is 13.6. The van der Waals surface area contributed by atoms with Crippen LogP contribution in [-0.2, 0) is 13.7 Å². The van der Waals surface area contributed by atoms with E-state index in [9.17, 15) is 0 Å². The van der Waals surface area contributed by atoms with E-state index in [4.69, 9.17) is 21.7 Å². The Hall–Kier alpha value is -1.40. The van der Waals surface area contributed by atoms with Crippen LogP contribution >= 0.6 is 12.2 Å². The third kappa shape index (κ3) is 2.78. The lowest BCUT2D eigenvalue weighted by Crippen LogP contribution is -2.47. The summed E-state index contributed by atoms with van der Waals surface area (Å²) in [6, 6.07) is 4.53. The van der Waals surface area contributed by atoms with Crippen LogP contribution in [0.3, 0.4) is 0 Å². The van der Waals surface area contributed by atoms with E-state index in [2.05, 4.69) is 4.90 Å². The molecule has 0 aromatic carbocycles. The largest absolute Gasteiger partial charge is 0.461 e. The van der Waals surface area contributed by atoms with Crippen molar-refractivity contribution < 1.29 is 4.42 Å². The van der Waals surface area contributed by atoms with Crippen LogP contribution in [0.4, 0.5) is 0 Å². The molecule has 23 heavy (non-hydrogen) atoms. The van der Waals surface area contributed by atoms with Crippen LogP contribution in [0.25, 0.3) is 11.6 Å². The number of piperidine rings is 1. The highest BCUT2D eigenvalue weighted by atomic mass is 32.1. The molecule has 2 aliphatic rings. The minimum Gasteiger partial charge on any atom is -0.461 e. The Bertz CT molecular complexity index is 716. The first-order valence-corrected chi connectivity index (χ1v) is 9.06. The Morgan fingerprint density at radius 1 is 1.26 bits per heavy atom. The molecular formula is C17H24N4OS. The van der Waals surface area contributed by atoms with Crippen LogP contribution in [0.2, 0.25) is 0 Å². The molecular weight excluding hydrogens is 308 g/mol. The summed E-state index contributed by atoms with van der Waals surface area (Å²) in [6.45, 7) is 1.96.